The van der Waals surface area contributed by atoms with Crippen molar-refractivity contribution in [2.75, 3.05) is 13.7 Å². The van der Waals surface area contributed by atoms with Gasteiger partial charge in [0.1, 0.15) is 5.75 Å². The van der Waals surface area contributed by atoms with Crippen molar-refractivity contribution in [3.63, 3.8) is 0 Å². The van der Waals surface area contributed by atoms with Crippen LogP contribution in [0.3, 0.4) is 0 Å². The predicted molar refractivity (Wildman–Crippen MR) is 89.1 cm³/mol. The van der Waals surface area contributed by atoms with Crippen molar-refractivity contribution in [1.82, 2.24) is 5.32 Å². The normalized spacial score (nSPS) is 14.3. The Hall–Kier alpha value is -1.55. The average Bonchev–Trinajstić information content (AvgIpc) is 2.44. The lowest BCUT2D eigenvalue weighted by atomic mass is 9.87. The minimum absolute atomic E-state index is 0.0435. The number of methoxy groups -OCH3 is 1. The second-order valence-corrected chi connectivity index (χ2v) is 6.87. The molecule has 0 saturated heterocycles. The summed E-state index contributed by atoms with van der Waals surface area (Å²) < 4.78 is 5.14. The molecule has 2 unspecified atom stereocenters. The van der Waals surface area contributed by atoms with Crippen LogP contribution in [0, 0.1) is 5.41 Å². The van der Waals surface area contributed by atoms with Crippen LogP contribution in [0.2, 0.25) is 0 Å². The van der Waals surface area contributed by atoms with Crippen LogP contribution in [0.4, 0.5) is 0 Å². The third-order valence-corrected chi connectivity index (χ3v) is 3.79. The quantitative estimate of drug-likeness (QED) is 0.776. The highest BCUT2D eigenvalue weighted by atomic mass is 16.5. The van der Waals surface area contributed by atoms with E-state index in [0.29, 0.717) is 19.4 Å². The summed E-state index contributed by atoms with van der Waals surface area (Å²) >= 11 is 0. The van der Waals surface area contributed by atoms with Gasteiger partial charge < -0.3 is 15.2 Å². The topological polar surface area (TPSA) is 58.6 Å². The maximum atomic E-state index is 12.1. The number of hydrogen-bond acceptors (Lipinski definition) is 3. The Morgan fingerprint density at radius 1 is 1.27 bits per heavy atom. The predicted octanol–water partition coefficient (Wildman–Crippen LogP) is 3.10. The van der Waals surface area contributed by atoms with Gasteiger partial charge in [-0.25, -0.2) is 0 Å². The van der Waals surface area contributed by atoms with E-state index in [2.05, 4.69) is 5.32 Å². The molecule has 4 nitrogen and oxygen atoms in total. The third kappa shape index (κ3) is 6.48. The van der Waals surface area contributed by atoms with E-state index in [0.717, 1.165) is 11.3 Å². The van der Waals surface area contributed by atoms with Crippen molar-refractivity contribution in [3.8, 4) is 5.75 Å². The molecule has 1 aromatic rings. The fourth-order valence-electron chi connectivity index (χ4n) is 2.61. The molecule has 0 spiro atoms. The molecule has 1 amide bonds. The zero-order valence-corrected chi connectivity index (χ0v) is 14.3. The molecular formula is C18H29NO3. The van der Waals surface area contributed by atoms with Crippen molar-refractivity contribution >= 4 is 5.91 Å². The molecule has 2 atom stereocenters. The Labute approximate surface area is 133 Å². The smallest absolute Gasteiger partial charge is 0.220 e. The molecule has 0 radical (unpaired) electrons. The highest BCUT2D eigenvalue weighted by molar-refractivity contribution is 5.76. The van der Waals surface area contributed by atoms with Crippen LogP contribution in [0.25, 0.3) is 0 Å². The van der Waals surface area contributed by atoms with Gasteiger partial charge in [-0.1, -0.05) is 32.9 Å². The molecule has 1 rings (SSSR count). The first kappa shape index (κ1) is 18.5. The van der Waals surface area contributed by atoms with E-state index in [1.54, 1.807) is 14.0 Å². The van der Waals surface area contributed by atoms with Crippen molar-refractivity contribution in [2.45, 2.75) is 52.6 Å². The minimum Gasteiger partial charge on any atom is -0.497 e. The summed E-state index contributed by atoms with van der Waals surface area (Å²) in [5, 5.41) is 12.4. The van der Waals surface area contributed by atoms with Crippen molar-refractivity contribution in [2.24, 2.45) is 5.41 Å². The number of aliphatic hydroxyl groups is 1. The SMILES string of the molecule is COc1ccc(C(C)CC(=O)NCC(C)(C)CC(C)O)cc1. The fourth-order valence-corrected chi connectivity index (χ4v) is 2.61. The van der Waals surface area contributed by atoms with E-state index in [-0.39, 0.29) is 23.3 Å². The van der Waals surface area contributed by atoms with E-state index < -0.39 is 0 Å². The van der Waals surface area contributed by atoms with Gasteiger partial charge in [0.25, 0.3) is 0 Å². The van der Waals surface area contributed by atoms with Gasteiger partial charge in [0.2, 0.25) is 5.91 Å². The number of rotatable bonds is 8. The monoisotopic (exact) mass is 307 g/mol. The maximum absolute atomic E-state index is 12.1. The fraction of sp³-hybridized carbons (Fsp3) is 0.611. The number of ether oxygens (including phenoxy) is 1. The van der Waals surface area contributed by atoms with Crippen LogP contribution in [0.15, 0.2) is 24.3 Å². The summed E-state index contributed by atoms with van der Waals surface area (Å²) in [5.41, 5.74) is 1.02. The van der Waals surface area contributed by atoms with Gasteiger partial charge in [-0.15, -0.1) is 0 Å². The molecule has 0 heterocycles. The Morgan fingerprint density at radius 3 is 2.36 bits per heavy atom. The lowest BCUT2D eigenvalue weighted by molar-refractivity contribution is -0.121. The van der Waals surface area contributed by atoms with Crippen molar-refractivity contribution < 1.29 is 14.6 Å². The van der Waals surface area contributed by atoms with Crippen LogP contribution in [0.1, 0.15) is 52.0 Å². The first-order chi connectivity index (χ1) is 10.2. The zero-order valence-electron chi connectivity index (χ0n) is 14.3. The maximum Gasteiger partial charge on any atom is 0.220 e. The number of benzene rings is 1. The second kappa shape index (κ2) is 8.18. The molecule has 22 heavy (non-hydrogen) atoms. The van der Waals surface area contributed by atoms with E-state index in [1.807, 2.05) is 45.0 Å². The lowest BCUT2D eigenvalue weighted by Gasteiger charge is -2.26. The number of nitrogens with one attached hydrogen (secondary N) is 1. The Morgan fingerprint density at radius 2 is 1.86 bits per heavy atom. The van der Waals surface area contributed by atoms with Crippen LogP contribution >= 0.6 is 0 Å². The van der Waals surface area contributed by atoms with Crippen molar-refractivity contribution in [3.05, 3.63) is 29.8 Å². The van der Waals surface area contributed by atoms with Gasteiger partial charge >= 0.3 is 0 Å². The van der Waals surface area contributed by atoms with Crippen LogP contribution in [-0.4, -0.2) is 30.8 Å². The minimum atomic E-state index is -0.356. The van der Waals surface area contributed by atoms with E-state index in [9.17, 15) is 9.90 Å². The number of hydrogen-bond donors (Lipinski definition) is 2. The molecule has 2 N–H and O–H groups in total. The number of amides is 1. The van der Waals surface area contributed by atoms with E-state index in [1.165, 1.54) is 0 Å². The number of carbonyl (C=O) groups is 1. The van der Waals surface area contributed by atoms with Gasteiger partial charge in [0.15, 0.2) is 0 Å². The molecule has 0 bridgehead atoms. The van der Waals surface area contributed by atoms with Gasteiger partial charge in [-0.2, -0.15) is 0 Å². The lowest BCUT2D eigenvalue weighted by Crippen LogP contribution is -2.36. The van der Waals surface area contributed by atoms with E-state index in [4.69, 9.17) is 4.74 Å². The second-order valence-electron chi connectivity index (χ2n) is 6.87. The molecule has 0 saturated carbocycles. The number of carbonyl (C=O) groups excluding carboxylic acids is 1. The van der Waals surface area contributed by atoms with Gasteiger partial charge in [-0.3, -0.25) is 4.79 Å². The standard InChI is InChI=1S/C18H29NO3/c1-13(15-6-8-16(22-5)9-7-15)10-17(21)19-12-18(3,4)11-14(2)20/h6-9,13-14,20H,10-12H2,1-5H3,(H,19,21). The van der Waals surface area contributed by atoms with Crippen molar-refractivity contribution in [1.29, 1.82) is 0 Å². The molecule has 0 aliphatic heterocycles. The zero-order chi connectivity index (χ0) is 16.8. The average molecular weight is 307 g/mol. The van der Waals surface area contributed by atoms with Crippen LogP contribution < -0.4 is 10.1 Å². The van der Waals surface area contributed by atoms with Gasteiger partial charge in [0, 0.05) is 13.0 Å². The molecule has 1 aromatic carbocycles. The highest BCUT2D eigenvalue weighted by Gasteiger charge is 2.21. The molecule has 0 aliphatic carbocycles. The number of aliphatic hydroxyl groups excluding tert-OH is 1. The van der Waals surface area contributed by atoms with Crippen LogP contribution in [0.5, 0.6) is 5.75 Å². The molecule has 0 fully saturated rings. The highest BCUT2D eigenvalue weighted by Crippen LogP contribution is 2.23. The first-order valence-electron chi connectivity index (χ1n) is 7.82. The molecule has 0 aliphatic rings. The summed E-state index contributed by atoms with van der Waals surface area (Å²) in [4.78, 5) is 12.1. The van der Waals surface area contributed by atoms with Gasteiger partial charge in [-0.05, 0) is 42.4 Å². The third-order valence-electron chi connectivity index (χ3n) is 3.79. The largest absolute Gasteiger partial charge is 0.497 e. The summed E-state index contributed by atoms with van der Waals surface area (Å²) in [7, 11) is 1.64. The molecule has 0 aromatic heterocycles. The summed E-state index contributed by atoms with van der Waals surface area (Å²) in [6.07, 6.45) is 0.767. The molecular weight excluding hydrogens is 278 g/mol. The Bertz CT molecular complexity index is 466. The Kier molecular flexibility index (Phi) is 6.88. The first-order valence-corrected chi connectivity index (χ1v) is 7.82. The van der Waals surface area contributed by atoms with Gasteiger partial charge in [0.05, 0.1) is 13.2 Å². The summed E-state index contributed by atoms with van der Waals surface area (Å²) in [5.74, 6) is 1.02. The Balaban J connectivity index is 2.46. The summed E-state index contributed by atoms with van der Waals surface area (Å²) in [6, 6.07) is 7.81. The van der Waals surface area contributed by atoms with E-state index >= 15 is 0 Å². The molecule has 124 valence electrons. The van der Waals surface area contributed by atoms with Crippen LogP contribution in [-0.2, 0) is 4.79 Å². The summed E-state index contributed by atoms with van der Waals surface area (Å²) in [6.45, 7) is 8.49. The molecule has 4 heteroatoms.